The molecule has 0 fully saturated rings. The molecule has 2 aromatic rings. The minimum absolute atomic E-state index is 0.102. The Hall–Kier alpha value is -3.12. The summed E-state index contributed by atoms with van der Waals surface area (Å²) in [5, 5.41) is 29.6. The Morgan fingerprint density at radius 2 is 1.62 bits per heavy atom. The summed E-state index contributed by atoms with van der Waals surface area (Å²) in [6, 6.07) is 10.4. The van der Waals surface area contributed by atoms with Gasteiger partial charge in [0.1, 0.15) is 12.1 Å². The number of phenolic OH excluding ortho intramolecular Hbond substituents is 1. The summed E-state index contributed by atoms with van der Waals surface area (Å²) in [5.41, 5.74) is 1.31. The lowest BCUT2D eigenvalue weighted by atomic mass is 10.1. The zero-order chi connectivity index (χ0) is 15.4. The normalized spacial score (nSPS) is 9.71. The number of phenols is 1. The molecule has 0 aromatic heterocycles. The lowest BCUT2D eigenvalue weighted by Gasteiger charge is -2.08. The second-order valence-corrected chi connectivity index (χ2v) is 4.25. The van der Waals surface area contributed by atoms with Gasteiger partial charge >= 0.3 is 0 Å². The molecule has 2 aromatic carbocycles. The Bertz CT molecular complexity index is 752. The summed E-state index contributed by atoms with van der Waals surface area (Å²) in [6.07, 6.45) is 0. The summed E-state index contributed by atoms with van der Waals surface area (Å²) in [6.45, 7) is 0.102. The molecule has 0 spiro atoms. The van der Waals surface area contributed by atoms with Crippen LogP contribution in [0.15, 0.2) is 30.3 Å². The molecule has 0 saturated carbocycles. The standard InChI is InChI=1S/C15H9F2N3O/c16-13-3-9(4-14(17)15(13)21)8-20-12-2-1-10(6-18)11(5-12)7-19/h1-5,20-21H,8H2. The highest BCUT2D eigenvalue weighted by molar-refractivity contribution is 5.56. The van der Waals surface area contributed by atoms with Crippen molar-refractivity contribution >= 4 is 5.69 Å². The molecule has 2 N–H and O–H groups in total. The van der Waals surface area contributed by atoms with Crippen LogP contribution in [0.1, 0.15) is 16.7 Å². The Labute approximate surface area is 119 Å². The summed E-state index contributed by atoms with van der Waals surface area (Å²) < 4.78 is 26.4. The molecule has 0 unspecified atom stereocenters. The lowest BCUT2D eigenvalue weighted by molar-refractivity contribution is 0.395. The summed E-state index contributed by atoms with van der Waals surface area (Å²) in [4.78, 5) is 0. The number of hydrogen-bond donors (Lipinski definition) is 2. The number of benzene rings is 2. The lowest BCUT2D eigenvalue weighted by Crippen LogP contribution is -2.01. The van der Waals surface area contributed by atoms with Crippen molar-refractivity contribution in [1.29, 1.82) is 10.5 Å². The van der Waals surface area contributed by atoms with E-state index in [1.54, 1.807) is 6.07 Å². The highest BCUT2D eigenvalue weighted by atomic mass is 19.1. The van der Waals surface area contributed by atoms with Crippen molar-refractivity contribution in [3.63, 3.8) is 0 Å². The number of hydrogen-bond acceptors (Lipinski definition) is 4. The third-order valence-corrected chi connectivity index (χ3v) is 2.83. The Balaban J connectivity index is 2.18. The van der Waals surface area contributed by atoms with Crippen molar-refractivity contribution in [1.82, 2.24) is 0 Å². The van der Waals surface area contributed by atoms with Crippen LogP contribution in [-0.4, -0.2) is 5.11 Å². The first-order valence-electron chi connectivity index (χ1n) is 5.90. The van der Waals surface area contributed by atoms with Crippen molar-refractivity contribution in [2.24, 2.45) is 0 Å². The van der Waals surface area contributed by atoms with E-state index < -0.39 is 17.4 Å². The Morgan fingerprint density at radius 3 is 2.19 bits per heavy atom. The molecule has 0 saturated heterocycles. The van der Waals surface area contributed by atoms with Gasteiger partial charge < -0.3 is 10.4 Å². The average molecular weight is 285 g/mol. The van der Waals surface area contributed by atoms with Crippen LogP contribution in [-0.2, 0) is 6.54 Å². The number of halogens is 2. The molecule has 0 heterocycles. The van der Waals surface area contributed by atoms with Crippen LogP contribution in [0.4, 0.5) is 14.5 Å². The molecule has 2 rings (SSSR count). The summed E-state index contributed by atoms with van der Waals surface area (Å²) in [5.74, 6) is -3.09. The van der Waals surface area contributed by atoms with Gasteiger partial charge in [0.25, 0.3) is 0 Å². The van der Waals surface area contributed by atoms with E-state index in [4.69, 9.17) is 15.6 Å². The van der Waals surface area contributed by atoms with E-state index in [9.17, 15) is 8.78 Å². The molecule has 104 valence electrons. The molecule has 0 aliphatic carbocycles. The first-order chi connectivity index (χ1) is 10.0. The highest BCUT2D eigenvalue weighted by Crippen LogP contribution is 2.22. The third-order valence-electron chi connectivity index (χ3n) is 2.83. The van der Waals surface area contributed by atoms with Gasteiger partial charge in [-0.05, 0) is 35.9 Å². The molecule has 0 bridgehead atoms. The van der Waals surface area contributed by atoms with Crippen molar-refractivity contribution in [3.05, 3.63) is 58.7 Å². The largest absolute Gasteiger partial charge is 0.503 e. The summed E-state index contributed by atoms with van der Waals surface area (Å²) in [7, 11) is 0. The predicted octanol–water partition coefficient (Wildman–Crippen LogP) is 3.03. The van der Waals surface area contributed by atoms with Crippen LogP contribution in [0, 0.1) is 34.3 Å². The third kappa shape index (κ3) is 3.07. The minimum Gasteiger partial charge on any atom is -0.503 e. The molecule has 21 heavy (non-hydrogen) atoms. The number of nitrogens with zero attached hydrogens (tertiary/aromatic N) is 2. The van der Waals surface area contributed by atoms with Gasteiger partial charge in [-0.15, -0.1) is 0 Å². The quantitative estimate of drug-likeness (QED) is 0.908. The van der Waals surface area contributed by atoms with E-state index in [1.807, 2.05) is 12.1 Å². The van der Waals surface area contributed by atoms with Crippen LogP contribution >= 0.6 is 0 Å². The molecule has 0 aliphatic heterocycles. The van der Waals surface area contributed by atoms with Crippen LogP contribution in [0.25, 0.3) is 0 Å². The maximum atomic E-state index is 13.2. The van der Waals surface area contributed by atoms with E-state index in [0.29, 0.717) is 11.3 Å². The first kappa shape index (κ1) is 14.3. The maximum absolute atomic E-state index is 13.2. The molecule has 6 heteroatoms. The van der Waals surface area contributed by atoms with Gasteiger partial charge in [-0.1, -0.05) is 0 Å². The van der Waals surface area contributed by atoms with Gasteiger partial charge in [0.15, 0.2) is 17.4 Å². The van der Waals surface area contributed by atoms with Crippen molar-refractivity contribution in [2.45, 2.75) is 6.54 Å². The minimum atomic E-state index is -1.04. The number of nitriles is 2. The van der Waals surface area contributed by atoms with Gasteiger partial charge in [0.05, 0.1) is 11.1 Å². The smallest absolute Gasteiger partial charge is 0.187 e. The van der Waals surface area contributed by atoms with Crippen LogP contribution in [0.2, 0.25) is 0 Å². The second-order valence-electron chi connectivity index (χ2n) is 4.25. The van der Waals surface area contributed by atoms with E-state index >= 15 is 0 Å². The topological polar surface area (TPSA) is 79.8 Å². The SMILES string of the molecule is N#Cc1ccc(NCc2cc(F)c(O)c(F)c2)cc1C#N. The van der Waals surface area contributed by atoms with E-state index in [1.165, 1.54) is 12.1 Å². The van der Waals surface area contributed by atoms with Gasteiger partial charge in [-0.3, -0.25) is 0 Å². The monoisotopic (exact) mass is 285 g/mol. The fourth-order valence-electron chi connectivity index (χ4n) is 1.77. The maximum Gasteiger partial charge on any atom is 0.187 e. The molecule has 0 radical (unpaired) electrons. The molecular formula is C15H9F2N3O. The fourth-order valence-corrected chi connectivity index (χ4v) is 1.77. The fraction of sp³-hybridized carbons (Fsp3) is 0.0667. The Morgan fingerprint density at radius 1 is 1.00 bits per heavy atom. The number of aromatic hydroxyl groups is 1. The zero-order valence-corrected chi connectivity index (χ0v) is 10.7. The Kier molecular flexibility index (Phi) is 4.01. The van der Waals surface area contributed by atoms with E-state index in [-0.39, 0.29) is 17.7 Å². The first-order valence-corrected chi connectivity index (χ1v) is 5.90. The molecule has 0 amide bonds. The van der Waals surface area contributed by atoms with Gasteiger partial charge in [0, 0.05) is 12.2 Å². The number of anilines is 1. The van der Waals surface area contributed by atoms with Crippen LogP contribution < -0.4 is 5.32 Å². The number of nitrogens with one attached hydrogen (secondary N) is 1. The van der Waals surface area contributed by atoms with Crippen molar-refractivity contribution < 1.29 is 13.9 Å². The summed E-state index contributed by atoms with van der Waals surface area (Å²) >= 11 is 0. The molecular weight excluding hydrogens is 276 g/mol. The van der Waals surface area contributed by atoms with Crippen molar-refractivity contribution in [3.8, 4) is 17.9 Å². The van der Waals surface area contributed by atoms with E-state index in [2.05, 4.69) is 5.32 Å². The number of rotatable bonds is 3. The average Bonchev–Trinajstić information content (AvgIpc) is 2.50. The molecule has 4 nitrogen and oxygen atoms in total. The van der Waals surface area contributed by atoms with Crippen molar-refractivity contribution in [2.75, 3.05) is 5.32 Å². The van der Waals surface area contributed by atoms with Gasteiger partial charge in [0.2, 0.25) is 0 Å². The van der Waals surface area contributed by atoms with Crippen LogP contribution in [0.3, 0.4) is 0 Å². The highest BCUT2D eigenvalue weighted by Gasteiger charge is 2.09. The zero-order valence-electron chi connectivity index (χ0n) is 10.7. The molecule has 0 atom stereocenters. The molecule has 0 aliphatic rings. The predicted molar refractivity (Wildman–Crippen MR) is 71.2 cm³/mol. The van der Waals surface area contributed by atoms with Crippen LogP contribution in [0.5, 0.6) is 5.75 Å². The second kappa shape index (κ2) is 5.89. The van der Waals surface area contributed by atoms with Gasteiger partial charge in [-0.2, -0.15) is 10.5 Å². The van der Waals surface area contributed by atoms with E-state index in [0.717, 1.165) is 12.1 Å². The van der Waals surface area contributed by atoms with Gasteiger partial charge in [-0.25, -0.2) is 8.78 Å².